The van der Waals surface area contributed by atoms with Crippen LogP contribution in [0.15, 0.2) is 36.4 Å². The van der Waals surface area contributed by atoms with Gasteiger partial charge in [0.25, 0.3) is 0 Å². The predicted molar refractivity (Wildman–Crippen MR) is 45.7 cm³/mol. The van der Waals surface area contributed by atoms with E-state index in [1.807, 2.05) is 0 Å². The first kappa shape index (κ1) is 12.4. The van der Waals surface area contributed by atoms with Crippen LogP contribution in [0.5, 0.6) is 5.75 Å². The fourth-order valence-electron chi connectivity index (χ4n) is 0.634. The summed E-state index contributed by atoms with van der Waals surface area (Å²) in [5, 5.41) is 0. The molecule has 1 rings (SSSR count). The van der Waals surface area contributed by atoms with Gasteiger partial charge in [-0.1, -0.05) is 6.58 Å². The molecule has 0 spiro atoms. The minimum Gasteiger partial charge on any atom is -0.450 e. The normalized spacial score (nSPS) is 8.38. The van der Waals surface area contributed by atoms with Crippen LogP contribution in [0.25, 0.3) is 0 Å². The Hall–Kier alpha value is -0.570. The summed E-state index contributed by atoms with van der Waals surface area (Å²) in [6, 6.07) is 9.52. The van der Waals surface area contributed by atoms with E-state index in [0.29, 0.717) is 11.3 Å². The van der Waals surface area contributed by atoms with Crippen molar-refractivity contribution in [1.29, 1.82) is 0 Å². The molecule has 1 aromatic carbocycles. The Labute approximate surface area is 99.9 Å². The van der Waals surface area contributed by atoms with Gasteiger partial charge in [0, 0.05) is 11.3 Å². The summed E-state index contributed by atoms with van der Waals surface area (Å²) < 4.78 is 4.92. The molecular formula is C10H9NaO2. The third-order valence-electron chi connectivity index (χ3n) is 1.25. The van der Waals surface area contributed by atoms with Crippen molar-refractivity contribution in [3.8, 4) is 5.75 Å². The van der Waals surface area contributed by atoms with Crippen LogP contribution in [-0.4, -0.2) is 5.97 Å². The first-order chi connectivity index (χ1) is 5.70. The summed E-state index contributed by atoms with van der Waals surface area (Å²) in [5.74, 6) is 0.114. The Kier molecular flexibility index (Phi) is 5.71. The molecule has 0 unspecified atom stereocenters. The average molecular weight is 184 g/mol. The quantitative estimate of drug-likeness (QED) is 0.193. The maximum Gasteiger partial charge on any atom is 1.00 e. The molecule has 13 heavy (non-hydrogen) atoms. The number of carbonyl (C=O) groups is 1. The number of hydrogen-bond donors (Lipinski definition) is 0. The standard InChI is InChI=1S/C10H9O2.Na/c1-8(2)10(11)12-9-6-4-3-5-7-9;/h4-7H,1H2,2H3;/q-1;+1. The van der Waals surface area contributed by atoms with E-state index in [1.165, 1.54) is 0 Å². The molecular weight excluding hydrogens is 175 g/mol. The molecule has 2 nitrogen and oxygen atoms in total. The first-order valence-corrected chi connectivity index (χ1v) is 3.54. The fraction of sp³-hybridized carbons (Fsp3) is 0.100. The zero-order chi connectivity index (χ0) is 8.97. The molecule has 0 saturated heterocycles. The van der Waals surface area contributed by atoms with E-state index in [1.54, 1.807) is 31.2 Å². The van der Waals surface area contributed by atoms with Crippen molar-refractivity contribution in [2.75, 3.05) is 0 Å². The minimum atomic E-state index is -0.402. The summed E-state index contributed by atoms with van der Waals surface area (Å²) >= 11 is 0. The second-order valence-electron chi connectivity index (χ2n) is 2.41. The van der Waals surface area contributed by atoms with Crippen molar-refractivity contribution in [1.82, 2.24) is 0 Å². The number of ether oxygens (including phenoxy) is 1. The van der Waals surface area contributed by atoms with Crippen LogP contribution in [0.2, 0.25) is 0 Å². The van der Waals surface area contributed by atoms with Crippen molar-refractivity contribution in [2.45, 2.75) is 6.92 Å². The van der Waals surface area contributed by atoms with Crippen LogP contribution in [0.3, 0.4) is 0 Å². The van der Waals surface area contributed by atoms with E-state index >= 15 is 0 Å². The molecule has 1 aromatic rings. The van der Waals surface area contributed by atoms with Gasteiger partial charge >= 0.3 is 35.5 Å². The van der Waals surface area contributed by atoms with Crippen molar-refractivity contribution >= 4 is 5.97 Å². The molecule has 0 aliphatic rings. The van der Waals surface area contributed by atoms with Crippen molar-refractivity contribution in [3.63, 3.8) is 0 Å². The summed E-state index contributed by atoms with van der Waals surface area (Å²) in [5.41, 5.74) is 0.392. The van der Waals surface area contributed by atoms with Crippen LogP contribution in [-0.2, 0) is 4.79 Å². The van der Waals surface area contributed by atoms with E-state index < -0.39 is 5.97 Å². The molecule has 0 amide bonds. The number of carbonyl (C=O) groups excluding carboxylic acids is 1. The van der Waals surface area contributed by atoms with Gasteiger partial charge in [0.1, 0.15) is 0 Å². The molecule has 0 heterocycles. The molecule has 0 aromatic heterocycles. The zero-order valence-corrected chi connectivity index (χ0v) is 9.83. The molecule has 0 aliphatic heterocycles. The third-order valence-corrected chi connectivity index (χ3v) is 1.25. The Morgan fingerprint density at radius 3 is 2.46 bits per heavy atom. The van der Waals surface area contributed by atoms with Crippen molar-refractivity contribution < 1.29 is 39.1 Å². The monoisotopic (exact) mass is 184 g/mol. The van der Waals surface area contributed by atoms with Gasteiger partial charge in [-0.15, -0.1) is 12.1 Å². The molecule has 0 atom stereocenters. The smallest absolute Gasteiger partial charge is 0.450 e. The Morgan fingerprint density at radius 2 is 2.00 bits per heavy atom. The van der Waals surface area contributed by atoms with Gasteiger partial charge in [0.15, 0.2) is 0 Å². The molecule has 3 heteroatoms. The molecule has 0 fully saturated rings. The summed E-state index contributed by atoms with van der Waals surface area (Å²) in [6.45, 7) is 5.08. The van der Waals surface area contributed by atoms with Crippen LogP contribution in [0, 0.1) is 6.07 Å². The zero-order valence-electron chi connectivity index (χ0n) is 7.83. The molecule has 62 valence electrons. The Balaban J connectivity index is 0.00000144. The summed E-state index contributed by atoms with van der Waals surface area (Å²) in [6.07, 6.45) is 0. The van der Waals surface area contributed by atoms with Gasteiger partial charge in [0.2, 0.25) is 0 Å². The number of hydrogen-bond acceptors (Lipinski definition) is 2. The van der Waals surface area contributed by atoms with Crippen LogP contribution < -0.4 is 34.3 Å². The third kappa shape index (κ3) is 4.27. The van der Waals surface area contributed by atoms with Gasteiger partial charge in [-0.25, -0.2) is 4.79 Å². The average Bonchev–Trinajstić information content (AvgIpc) is 2.06. The van der Waals surface area contributed by atoms with E-state index in [-0.39, 0.29) is 29.6 Å². The van der Waals surface area contributed by atoms with Gasteiger partial charge in [-0.2, -0.15) is 18.2 Å². The van der Waals surface area contributed by atoms with E-state index in [0.717, 1.165) is 0 Å². The van der Waals surface area contributed by atoms with Crippen LogP contribution in [0.4, 0.5) is 0 Å². The maximum absolute atomic E-state index is 11.0. The van der Waals surface area contributed by atoms with Crippen LogP contribution in [0.1, 0.15) is 6.92 Å². The number of benzene rings is 1. The maximum atomic E-state index is 11.0. The van der Waals surface area contributed by atoms with Gasteiger partial charge < -0.3 is 4.74 Å². The predicted octanol–water partition coefficient (Wildman–Crippen LogP) is -1.03. The second kappa shape index (κ2) is 5.97. The van der Waals surface area contributed by atoms with E-state index in [4.69, 9.17) is 4.74 Å². The number of esters is 1. The van der Waals surface area contributed by atoms with Crippen molar-refractivity contribution in [3.05, 3.63) is 42.5 Å². The van der Waals surface area contributed by atoms with E-state index in [2.05, 4.69) is 12.6 Å². The summed E-state index contributed by atoms with van der Waals surface area (Å²) in [4.78, 5) is 11.0. The van der Waals surface area contributed by atoms with Gasteiger partial charge in [0.05, 0.1) is 0 Å². The second-order valence-corrected chi connectivity index (χ2v) is 2.41. The largest absolute Gasteiger partial charge is 1.00 e. The summed E-state index contributed by atoms with van der Waals surface area (Å²) in [7, 11) is 0. The van der Waals surface area contributed by atoms with Crippen LogP contribution >= 0.6 is 0 Å². The molecule has 0 saturated carbocycles. The first-order valence-electron chi connectivity index (χ1n) is 3.54. The molecule has 0 radical (unpaired) electrons. The molecule has 0 bridgehead atoms. The Morgan fingerprint density at radius 1 is 1.46 bits per heavy atom. The van der Waals surface area contributed by atoms with E-state index in [9.17, 15) is 4.79 Å². The van der Waals surface area contributed by atoms with Gasteiger partial charge in [-0.3, -0.25) is 0 Å². The molecule has 0 aliphatic carbocycles. The minimum absolute atomic E-state index is 0. The topological polar surface area (TPSA) is 26.3 Å². The van der Waals surface area contributed by atoms with Crippen molar-refractivity contribution in [2.24, 2.45) is 0 Å². The van der Waals surface area contributed by atoms with Gasteiger partial charge in [-0.05, 0) is 6.92 Å². The number of rotatable bonds is 2. The Bertz CT molecular complexity index is 293. The molecule has 0 N–H and O–H groups in total. The fourth-order valence-corrected chi connectivity index (χ4v) is 0.634. The SMILES string of the molecule is C=C(C)C(=O)Oc1cc[c-]cc1.[Na+].